The van der Waals surface area contributed by atoms with E-state index in [1.54, 1.807) is 0 Å². The van der Waals surface area contributed by atoms with E-state index in [-0.39, 0.29) is 6.61 Å². The number of hydrogen-bond donors (Lipinski definition) is 2. The zero-order valence-corrected chi connectivity index (χ0v) is 12.3. The number of hydrogen-bond acceptors (Lipinski definition) is 4. The molecule has 2 heterocycles. The molecule has 0 aromatic carbocycles. The lowest BCUT2D eigenvalue weighted by Gasteiger charge is -2.15. The Hall–Kier alpha value is -1.23. The second-order valence-electron chi connectivity index (χ2n) is 4.54. The molecule has 0 unspecified atom stereocenters. The normalized spacial score (nSPS) is 14.2. The molecule has 2 N–H and O–H groups in total. The molecule has 0 saturated carbocycles. The van der Waals surface area contributed by atoms with E-state index >= 15 is 0 Å². The molecule has 1 aromatic heterocycles. The average Bonchev–Trinajstić information content (AvgIpc) is 2.51. The highest BCUT2D eigenvalue weighted by Crippen LogP contribution is 2.26. The highest BCUT2D eigenvalue weighted by atomic mass is 35.5. The van der Waals surface area contributed by atoms with E-state index in [1.807, 2.05) is 19.1 Å². The maximum absolute atomic E-state index is 8.76. The lowest BCUT2D eigenvalue weighted by atomic mass is 10.0. The molecule has 0 bridgehead atoms. The summed E-state index contributed by atoms with van der Waals surface area (Å²) in [5, 5.41) is 12.8. The van der Waals surface area contributed by atoms with Crippen molar-refractivity contribution >= 4 is 24.0 Å². The number of aliphatic hydroxyl groups is 1. The van der Waals surface area contributed by atoms with Crippen LogP contribution in [0, 0.1) is 0 Å². The van der Waals surface area contributed by atoms with Gasteiger partial charge >= 0.3 is 0 Å². The second kappa shape index (κ2) is 9.64. The third kappa shape index (κ3) is 5.04. The Morgan fingerprint density at radius 3 is 2.80 bits per heavy atom. The van der Waals surface area contributed by atoms with Crippen LogP contribution in [0.25, 0.3) is 5.57 Å². The van der Waals surface area contributed by atoms with Gasteiger partial charge in [0.25, 0.3) is 0 Å². The maximum atomic E-state index is 8.76. The SMILES string of the molecule is C=O.OCCCCc1cnc(C2=CCNCC2)c(Cl)c1. The minimum atomic E-state index is 0.249. The minimum absolute atomic E-state index is 0.249. The number of aryl methyl sites for hydroxylation is 1. The molecule has 1 aromatic rings. The van der Waals surface area contributed by atoms with Crippen LogP contribution in [0.5, 0.6) is 0 Å². The Balaban J connectivity index is 0.000000956. The summed E-state index contributed by atoms with van der Waals surface area (Å²) in [6.07, 6.45) is 7.77. The van der Waals surface area contributed by atoms with Gasteiger partial charge in [0.2, 0.25) is 0 Å². The first-order chi connectivity index (χ1) is 9.81. The molecule has 0 saturated heterocycles. The van der Waals surface area contributed by atoms with Gasteiger partial charge in [-0.2, -0.15) is 0 Å². The predicted octanol–water partition coefficient (Wildman–Crippen LogP) is 2.24. The summed E-state index contributed by atoms with van der Waals surface area (Å²) in [7, 11) is 0. The molecule has 0 atom stereocenters. The Kier molecular flexibility index (Phi) is 8.11. The molecule has 1 aliphatic heterocycles. The van der Waals surface area contributed by atoms with Crippen molar-refractivity contribution in [3.63, 3.8) is 0 Å². The fourth-order valence-electron chi connectivity index (χ4n) is 2.13. The lowest BCUT2D eigenvalue weighted by molar-refractivity contribution is -0.0979. The third-order valence-electron chi connectivity index (χ3n) is 3.14. The van der Waals surface area contributed by atoms with Crippen molar-refractivity contribution in [1.29, 1.82) is 0 Å². The van der Waals surface area contributed by atoms with Crippen LogP contribution in [0.1, 0.15) is 30.5 Å². The van der Waals surface area contributed by atoms with Crippen LogP contribution in [-0.2, 0) is 11.2 Å². The number of nitrogens with one attached hydrogen (secondary N) is 1. The number of halogens is 1. The standard InChI is InChI=1S/C14H19ClN2O.CH2O/c15-13-9-11(3-1-2-8-18)10-17-14(13)12-4-6-16-7-5-12;1-2/h4,9-10,16,18H,1-3,5-8H2;1H2. The number of pyridine rings is 1. The van der Waals surface area contributed by atoms with Crippen LogP contribution in [0.15, 0.2) is 18.3 Å². The zero-order valence-electron chi connectivity index (χ0n) is 11.6. The largest absolute Gasteiger partial charge is 0.396 e. The van der Waals surface area contributed by atoms with Gasteiger partial charge < -0.3 is 15.2 Å². The first-order valence-corrected chi connectivity index (χ1v) is 7.13. The van der Waals surface area contributed by atoms with E-state index in [1.165, 1.54) is 5.57 Å². The highest BCUT2D eigenvalue weighted by Gasteiger charge is 2.11. The first kappa shape index (κ1) is 16.8. The molecule has 5 heteroatoms. The molecule has 0 fully saturated rings. The third-order valence-corrected chi connectivity index (χ3v) is 3.43. The Labute approximate surface area is 124 Å². The number of rotatable bonds is 5. The van der Waals surface area contributed by atoms with Crippen molar-refractivity contribution in [3.8, 4) is 0 Å². The van der Waals surface area contributed by atoms with Gasteiger partial charge in [0, 0.05) is 19.3 Å². The summed E-state index contributed by atoms with van der Waals surface area (Å²) in [4.78, 5) is 12.5. The van der Waals surface area contributed by atoms with E-state index in [9.17, 15) is 0 Å². The molecule has 0 amide bonds. The fraction of sp³-hybridized carbons (Fsp3) is 0.467. The second-order valence-corrected chi connectivity index (χ2v) is 4.95. The molecule has 4 nitrogen and oxygen atoms in total. The Morgan fingerprint density at radius 1 is 1.40 bits per heavy atom. The minimum Gasteiger partial charge on any atom is -0.396 e. The predicted molar refractivity (Wildman–Crippen MR) is 81.9 cm³/mol. The zero-order chi connectivity index (χ0) is 14.8. The Bertz CT molecular complexity index is 449. The van der Waals surface area contributed by atoms with Gasteiger partial charge in [-0.3, -0.25) is 4.98 Å². The van der Waals surface area contributed by atoms with Crippen LogP contribution >= 0.6 is 11.6 Å². The molecular weight excluding hydrogens is 276 g/mol. The van der Waals surface area contributed by atoms with Crippen molar-refractivity contribution < 1.29 is 9.90 Å². The van der Waals surface area contributed by atoms with Gasteiger partial charge in [0.05, 0.1) is 10.7 Å². The molecule has 0 aliphatic carbocycles. The number of unbranched alkanes of at least 4 members (excludes halogenated alkanes) is 1. The van der Waals surface area contributed by atoms with Gasteiger partial charge in [0.15, 0.2) is 0 Å². The maximum Gasteiger partial charge on any atom is 0.106 e. The van der Waals surface area contributed by atoms with E-state index in [4.69, 9.17) is 21.5 Å². The Morgan fingerprint density at radius 2 is 2.20 bits per heavy atom. The van der Waals surface area contributed by atoms with Gasteiger partial charge in [-0.15, -0.1) is 0 Å². The van der Waals surface area contributed by atoms with E-state index in [0.717, 1.165) is 55.1 Å². The van der Waals surface area contributed by atoms with Crippen molar-refractivity contribution in [2.24, 2.45) is 0 Å². The summed E-state index contributed by atoms with van der Waals surface area (Å²) in [5.74, 6) is 0. The van der Waals surface area contributed by atoms with Crippen molar-refractivity contribution in [2.45, 2.75) is 25.7 Å². The van der Waals surface area contributed by atoms with Gasteiger partial charge in [0.1, 0.15) is 6.79 Å². The van der Waals surface area contributed by atoms with Gasteiger partial charge in [-0.05, 0) is 49.4 Å². The monoisotopic (exact) mass is 296 g/mol. The molecular formula is C15H21ClN2O2. The average molecular weight is 297 g/mol. The molecule has 110 valence electrons. The quantitative estimate of drug-likeness (QED) is 0.818. The first-order valence-electron chi connectivity index (χ1n) is 6.75. The van der Waals surface area contributed by atoms with E-state index in [0.29, 0.717) is 0 Å². The summed E-state index contributed by atoms with van der Waals surface area (Å²) in [5.41, 5.74) is 3.30. The van der Waals surface area contributed by atoms with E-state index < -0.39 is 0 Å². The van der Waals surface area contributed by atoms with Crippen molar-refractivity contribution in [3.05, 3.63) is 34.6 Å². The summed E-state index contributed by atoms with van der Waals surface area (Å²) in [6, 6.07) is 2.00. The van der Waals surface area contributed by atoms with Crippen LogP contribution in [0.4, 0.5) is 0 Å². The van der Waals surface area contributed by atoms with Crippen LogP contribution < -0.4 is 5.32 Å². The van der Waals surface area contributed by atoms with Gasteiger partial charge in [-0.25, -0.2) is 0 Å². The molecule has 20 heavy (non-hydrogen) atoms. The van der Waals surface area contributed by atoms with Crippen LogP contribution in [-0.4, -0.2) is 36.6 Å². The highest BCUT2D eigenvalue weighted by molar-refractivity contribution is 6.32. The fourth-order valence-corrected chi connectivity index (χ4v) is 2.44. The number of carbonyl (C=O) groups excluding carboxylic acids is 1. The summed E-state index contributed by atoms with van der Waals surface area (Å²) in [6.45, 7) is 4.13. The van der Waals surface area contributed by atoms with E-state index in [2.05, 4.69) is 16.4 Å². The topological polar surface area (TPSA) is 62.2 Å². The number of nitrogens with zero attached hydrogens (tertiary/aromatic N) is 1. The molecule has 0 radical (unpaired) electrons. The van der Waals surface area contributed by atoms with Gasteiger partial charge in [-0.1, -0.05) is 17.7 Å². The summed E-state index contributed by atoms with van der Waals surface area (Å²) >= 11 is 6.30. The number of carbonyl (C=O) groups is 1. The molecule has 2 rings (SSSR count). The van der Waals surface area contributed by atoms with Crippen LogP contribution in [0.3, 0.4) is 0 Å². The van der Waals surface area contributed by atoms with Crippen LogP contribution in [0.2, 0.25) is 5.02 Å². The molecule has 0 spiro atoms. The lowest BCUT2D eigenvalue weighted by Crippen LogP contribution is -2.20. The number of aromatic nitrogens is 1. The van der Waals surface area contributed by atoms with Crippen molar-refractivity contribution in [1.82, 2.24) is 10.3 Å². The summed E-state index contributed by atoms with van der Waals surface area (Å²) < 4.78 is 0. The molecule has 1 aliphatic rings. The van der Waals surface area contributed by atoms with Crippen molar-refractivity contribution in [2.75, 3.05) is 19.7 Å². The smallest absolute Gasteiger partial charge is 0.106 e. The number of aliphatic hydroxyl groups excluding tert-OH is 1.